The van der Waals surface area contributed by atoms with Crippen molar-refractivity contribution in [2.75, 3.05) is 7.11 Å². The van der Waals surface area contributed by atoms with E-state index in [0.717, 1.165) is 12.0 Å². The summed E-state index contributed by atoms with van der Waals surface area (Å²) in [5.41, 5.74) is 8.32. The van der Waals surface area contributed by atoms with Crippen molar-refractivity contribution in [1.82, 2.24) is 0 Å². The minimum Gasteiger partial charge on any atom is -0.466 e. The lowest BCUT2D eigenvalue weighted by Gasteiger charge is -2.26. The van der Waals surface area contributed by atoms with Gasteiger partial charge in [0.2, 0.25) is 5.88 Å². The predicted octanol–water partition coefficient (Wildman–Crippen LogP) is 2.50. The van der Waals surface area contributed by atoms with Crippen LogP contribution in [0.5, 0.6) is 0 Å². The van der Waals surface area contributed by atoms with Gasteiger partial charge >= 0.3 is 5.97 Å². The van der Waals surface area contributed by atoms with Gasteiger partial charge in [-0.25, -0.2) is 4.79 Å². The van der Waals surface area contributed by atoms with Crippen LogP contribution in [0.3, 0.4) is 0 Å². The van der Waals surface area contributed by atoms with Gasteiger partial charge in [0.1, 0.15) is 17.4 Å². The monoisotopic (exact) mass is 298 g/mol. The third-order valence-corrected chi connectivity index (χ3v) is 3.73. The van der Waals surface area contributed by atoms with E-state index >= 15 is 0 Å². The summed E-state index contributed by atoms with van der Waals surface area (Å²) in [7, 11) is 1.30. The van der Waals surface area contributed by atoms with Crippen molar-refractivity contribution < 1.29 is 14.3 Å². The Bertz CT molecular complexity index is 694. The first-order chi connectivity index (χ1) is 10.5. The normalized spacial score (nSPS) is 17.8. The van der Waals surface area contributed by atoms with Crippen molar-refractivity contribution in [1.29, 1.82) is 5.26 Å². The number of carbonyl (C=O) groups excluding carboxylic acids is 1. The molecule has 1 aliphatic rings. The fourth-order valence-electron chi connectivity index (χ4n) is 2.54. The molecule has 0 aliphatic carbocycles. The molecule has 1 heterocycles. The first kappa shape index (κ1) is 15.6. The smallest absolute Gasteiger partial charge is 0.338 e. The summed E-state index contributed by atoms with van der Waals surface area (Å²) in [5.74, 6) is -0.718. The van der Waals surface area contributed by atoms with Crippen molar-refractivity contribution in [3.05, 3.63) is 58.2 Å². The number of benzene rings is 1. The number of esters is 1. The number of nitrogens with zero attached hydrogens (tertiary/aromatic N) is 1. The SMILES string of the molecule is CCc1ccc([C@@H]2C(C#N)=C(N)OC(C)=C2C(=O)OC)cc1. The lowest BCUT2D eigenvalue weighted by molar-refractivity contribution is -0.136. The van der Waals surface area contributed by atoms with E-state index in [1.807, 2.05) is 30.3 Å². The van der Waals surface area contributed by atoms with Gasteiger partial charge in [0.15, 0.2) is 0 Å². The molecule has 0 amide bonds. The van der Waals surface area contributed by atoms with Crippen molar-refractivity contribution >= 4 is 5.97 Å². The van der Waals surface area contributed by atoms with Crippen LogP contribution in [0.15, 0.2) is 47.1 Å². The average Bonchev–Trinajstić information content (AvgIpc) is 2.53. The molecule has 0 aromatic heterocycles. The number of carbonyl (C=O) groups is 1. The largest absolute Gasteiger partial charge is 0.466 e. The molecule has 0 radical (unpaired) electrons. The summed E-state index contributed by atoms with van der Waals surface area (Å²) in [6.07, 6.45) is 0.913. The second kappa shape index (κ2) is 6.35. The van der Waals surface area contributed by atoms with Gasteiger partial charge in [-0.05, 0) is 24.5 Å². The third-order valence-electron chi connectivity index (χ3n) is 3.73. The van der Waals surface area contributed by atoms with E-state index in [1.54, 1.807) is 6.92 Å². The van der Waals surface area contributed by atoms with Crippen LogP contribution in [0.1, 0.15) is 30.9 Å². The van der Waals surface area contributed by atoms with Gasteiger partial charge in [-0.1, -0.05) is 31.2 Å². The van der Waals surface area contributed by atoms with Crippen LogP contribution >= 0.6 is 0 Å². The summed E-state index contributed by atoms with van der Waals surface area (Å²) >= 11 is 0. The molecule has 0 fully saturated rings. The molecule has 22 heavy (non-hydrogen) atoms. The van der Waals surface area contributed by atoms with Crippen molar-refractivity contribution in [2.24, 2.45) is 5.73 Å². The number of allylic oxidation sites excluding steroid dienone is 2. The second-order valence-electron chi connectivity index (χ2n) is 4.98. The lowest BCUT2D eigenvalue weighted by Crippen LogP contribution is -2.25. The van der Waals surface area contributed by atoms with E-state index in [-0.39, 0.29) is 11.5 Å². The Kier molecular flexibility index (Phi) is 4.52. The van der Waals surface area contributed by atoms with Gasteiger partial charge in [0, 0.05) is 0 Å². The van der Waals surface area contributed by atoms with Gasteiger partial charge in [-0.2, -0.15) is 5.26 Å². The van der Waals surface area contributed by atoms with Gasteiger partial charge < -0.3 is 15.2 Å². The Hall–Kier alpha value is -2.74. The highest BCUT2D eigenvalue weighted by Gasteiger charge is 2.35. The topological polar surface area (TPSA) is 85.3 Å². The highest BCUT2D eigenvalue weighted by molar-refractivity contribution is 5.92. The van der Waals surface area contributed by atoms with E-state index in [0.29, 0.717) is 11.3 Å². The van der Waals surface area contributed by atoms with Crippen LogP contribution in [-0.4, -0.2) is 13.1 Å². The maximum atomic E-state index is 12.1. The Morgan fingerprint density at radius 3 is 2.55 bits per heavy atom. The van der Waals surface area contributed by atoms with Gasteiger partial charge in [0.25, 0.3) is 0 Å². The maximum Gasteiger partial charge on any atom is 0.338 e. The first-order valence-corrected chi connectivity index (χ1v) is 6.99. The molecule has 1 atom stereocenters. The highest BCUT2D eigenvalue weighted by atomic mass is 16.5. The number of nitriles is 1. The molecular weight excluding hydrogens is 280 g/mol. The Balaban J connectivity index is 2.59. The molecule has 2 N–H and O–H groups in total. The zero-order valence-corrected chi connectivity index (χ0v) is 12.8. The van der Waals surface area contributed by atoms with E-state index in [4.69, 9.17) is 15.2 Å². The summed E-state index contributed by atoms with van der Waals surface area (Å²) in [6, 6.07) is 9.79. The third kappa shape index (κ3) is 2.68. The molecule has 1 aliphatic heterocycles. The molecule has 1 aromatic rings. The van der Waals surface area contributed by atoms with Crippen molar-refractivity contribution in [3.63, 3.8) is 0 Å². The number of rotatable bonds is 3. The molecule has 1 aromatic carbocycles. The quantitative estimate of drug-likeness (QED) is 0.867. The molecule has 0 bridgehead atoms. The molecule has 0 unspecified atom stereocenters. The zero-order valence-electron chi connectivity index (χ0n) is 12.8. The summed E-state index contributed by atoms with van der Waals surface area (Å²) in [6.45, 7) is 3.70. The zero-order chi connectivity index (χ0) is 16.3. The Morgan fingerprint density at radius 1 is 1.41 bits per heavy atom. The van der Waals surface area contributed by atoms with E-state index in [2.05, 4.69) is 6.92 Å². The fraction of sp³-hybridized carbons (Fsp3) is 0.294. The van der Waals surface area contributed by atoms with Gasteiger partial charge in [-0.15, -0.1) is 0 Å². The first-order valence-electron chi connectivity index (χ1n) is 6.99. The number of aryl methyl sites for hydroxylation is 1. The lowest BCUT2D eigenvalue weighted by atomic mass is 9.83. The van der Waals surface area contributed by atoms with E-state index in [1.165, 1.54) is 12.7 Å². The Labute approximate surface area is 129 Å². The number of hydrogen-bond acceptors (Lipinski definition) is 5. The standard InChI is InChI=1S/C17H18N2O3/c1-4-11-5-7-12(8-6-11)15-13(9-18)16(19)22-10(2)14(15)17(20)21-3/h5-8,15H,4,19H2,1-3H3/t15-/m1/s1. The van der Waals surface area contributed by atoms with Crippen LogP contribution < -0.4 is 5.73 Å². The molecular formula is C17H18N2O3. The molecule has 0 spiro atoms. The summed E-state index contributed by atoms with van der Waals surface area (Å²) in [5, 5.41) is 9.41. The number of methoxy groups -OCH3 is 1. The minimum absolute atomic E-state index is 0.0252. The molecule has 0 saturated heterocycles. The molecule has 5 heteroatoms. The van der Waals surface area contributed by atoms with Crippen molar-refractivity contribution in [3.8, 4) is 6.07 Å². The van der Waals surface area contributed by atoms with Gasteiger partial charge in [0.05, 0.1) is 18.6 Å². The molecule has 2 rings (SSSR count). The van der Waals surface area contributed by atoms with E-state index in [9.17, 15) is 10.1 Å². The molecule has 0 saturated carbocycles. The fourth-order valence-corrected chi connectivity index (χ4v) is 2.54. The number of hydrogen-bond donors (Lipinski definition) is 1. The van der Waals surface area contributed by atoms with Crippen LogP contribution in [-0.2, 0) is 20.7 Å². The van der Waals surface area contributed by atoms with Crippen LogP contribution in [0.2, 0.25) is 0 Å². The van der Waals surface area contributed by atoms with Crippen LogP contribution in [0.25, 0.3) is 0 Å². The van der Waals surface area contributed by atoms with E-state index < -0.39 is 11.9 Å². The number of ether oxygens (including phenoxy) is 2. The second-order valence-corrected chi connectivity index (χ2v) is 4.98. The Morgan fingerprint density at radius 2 is 2.05 bits per heavy atom. The van der Waals surface area contributed by atoms with Crippen LogP contribution in [0, 0.1) is 11.3 Å². The number of nitrogens with two attached hydrogens (primary N) is 1. The van der Waals surface area contributed by atoms with Gasteiger partial charge in [-0.3, -0.25) is 0 Å². The minimum atomic E-state index is -0.572. The molecule has 114 valence electrons. The molecule has 5 nitrogen and oxygen atoms in total. The average molecular weight is 298 g/mol. The maximum absolute atomic E-state index is 12.1. The van der Waals surface area contributed by atoms with Crippen LogP contribution in [0.4, 0.5) is 0 Å². The predicted molar refractivity (Wildman–Crippen MR) is 81.2 cm³/mol. The summed E-state index contributed by atoms with van der Waals surface area (Å²) in [4.78, 5) is 12.1. The van der Waals surface area contributed by atoms with Crippen molar-refractivity contribution in [2.45, 2.75) is 26.2 Å². The highest BCUT2D eigenvalue weighted by Crippen LogP contribution is 2.39. The summed E-state index contributed by atoms with van der Waals surface area (Å²) < 4.78 is 10.2.